The molecule has 2 nitrogen and oxygen atoms in total. The highest BCUT2D eigenvalue weighted by Gasteiger charge is 2.19. The molecule has 1 unspecified atom stereocenters. The molecule has 2 rings (SSSR count). The molecule has 1 N–H and O–H groups in total. The van der Waals surface area contributed by atoms with Gasteiger partial charge in [-0.05, 0) is 33.2 Å². The maximum atomic E-state index is 4.59. The third-order valence-electron chi connectivity index (χ3n) is 2.58. The summed E-state index contributed by atoms with van der Waals surface area (Å²) in [4.78, 5) is 5.98. The Labute approximate surface area is 83.4 Å². The Kier molecular flexibility index (Phi) is 2.65. The van der Waals surface area contributed by atoms with Crippen LogP contribution < -0.4 is 5.32 Å². The molecule has 2 heterocycles. The van der Waals surface area contributed by atoms with Crippen LogP contribution in [0.5, 0.6) is 0 Å². The van der Waals surface area contributed by atoms with Crippen LogP contribution in [0.2, 0.25) is 0 Å². The van der Waals surface area contributed by atoms with Crippen LogP contribution in [-0.4, -0.2) is 11.5 Å². The minimum Gasteiger partial charge on any atom is -0.309 e. The minimum absolute atomic E-state index is 0.527. The molecule has 1 aliphatic heterocycles. The number of aryl methyl sites for hydroxylation is 2. The summed E-state index contributed by atoms with van der Waals surface area (Å²) in [5.41, 5.74) is 1.29. The maximum Gasteiger partial charge on any atom is 0.0900 e. The number of thiazole rings is 1. The van der Waals surface area contributed by atoms with E-state index in [0.717, 1.165) is 6.54 Å². The summed E-state index contributed by atoms with van der Waals surface area (Å²) in [6.45, 7) is 5.42. The molecule has 1 saturated heterocycles. The summed E-state index contributed by atoms with van der Waals surface area (Å²) >= 11 is 1.81. The molecule has 1 fully saturated rings. The second-order valence-electron chi connectivity index (χ2n) is 3.68. The van der Waals surface area contributed by atoms with Crippen molar-refractivity contribution in [1.82, 2.24) is 10.3 Å². The predicted octanol–water partition coefficient (Wildman–Crippen LogP) is 2.57. The number of aromatic nitrogens is 1. The average molecular weight is 196 g/mol. The van der Waals surface area contributed by atoms with E-state index in [2.05, 4.69) is 24.1 Å². The minimum atomic E-state index is 0.527. The summed E-state index contributed by atoms with van der Waals surface area (Å²) < 4.78 is 0. The summed E-state index contributed by atoms with van der Waals surface area (Å²) in [6, 6.07) is 0.527. The average Bonchev–Trinajstić information content (AvgIpc) is 2.47. The van der Waals surface area contributed by atoms with E-state index in [-0.39, 0.29) is 0 Å². The summed E-state index contributed by atoms with van der Waals surface area (Å²) in [6.07, 6.45) is 3.91. The lowest BCUT2D eigenvalue weighted by Crippen LogP contribution is -2.27. The van der Waals surface area contributed by atoms with Crippen molar-refractivity contribution in [3.8, 4) is 0 Å². The van der Waals surface area contributed by atoms with Crippen LogP contribution >= 0.6 is 11.3 Å². The SMILES string of the molecule is Cc1nc(C2CCCCN2)c(C)s1. The Morgan fingerprint density at radius 2 is 2.23 bits per heavy atom. The number of rotatable bonds is 1. The van der Waals surface area contributed by atoms with Crippen molar-refractivity contribution < 1.29 is 0 Å². The molecule has 1 aromatic rings. The zero-order chi connectivity index (χ0) is 9.26. The van der Waals surface area contributed by atoms with Crippen LogP contribution in [0.3, 0.4) is 0 Å². The second kappa shape index (κ2) is 3.76. The molecule has 1 aromatic heterocycles. The number of piperidine rings is 1. The quantitative estimate of drug-likeness (QED) is 0.746. The number of nitrogens with zero attached hydrogens (tertiary/aromatic N) is 1. The van der Waals surface area contributed by atoms with Crippen LogP contribution in [0.15, 0.2) is 0 Å². The van der Waals surface area contributed by atoms with Crippen LogP contribution in [0.4, 0.5) is 0 Å². The fourth-order valence-electron chi connectivity index (χ4n) is 1.95. The largest absolute Gasteiger partial charge is 0.309 e. The van der Waals surface area contributed by atoms with E-state index in [1.807, 2.05) is 11.3 Å². The van der Waals surface area contributed by atoms with Gasteiger partial charge in [-0.2, -0.15) is 0 Å². The van der Waals surface area contributed by atoms with E-state index in [1.165, 1.54) is 34.8 Å². The lowest BCUT2D eigenvalue weighted by molar-refractivity contribution is 0.405. The molecule has 3 heteroatoms. The number of hydrogen-bond donors (Lipinski definition) is 1. The van der Waals surface area contributed by atoms with Gasteiger partial charge in [0.05, 0.1) is 16.7 Å². The monoisotopic (exact) mass is 196 g/mol. The van der Waals surface area contributed by atoms with Gasteiger partial charge >= 0.3 is 0 Å². The van der Waals surface area contributed by atoms with E-state index in [0.29, 0.717) is 6.04 Å². The molecule has 13 heavy (non-hydrogen) atoms. The molecule has 0 aliphatic carbocycles. The van der Waals surface area contributed by atoms with E-state index in [9.17, 15) is 0 Å². The van der Waals surface area contributed by atoms with Crippen LogP contribution in [0.25, 0.3) is 0 Å². The van der Waals surface area contributed by atoms with E-state index in [1.54, 1.807) is 0 Å². The first kappa shape index (κ1) is 9.16. The molecule has 0 radical (unpaired) electrons. The molecule has 72 valence electrons. The van der Waals surface area contributed by atoms with Gasteiger partial charge in [-0.3, -0.25) is 0 Å². The summed E-state index contributed by atoms with van der Waals surface area (Å²) in [5, 5.41) is 4.73. The molecule has 0 bridgehead atoms. The highest BCUT2D eigenvalue weighted by molar-refractivity contribution is 7.11. The Hall–Kier alpha value is -0.410. The Balaban J connectivity index is 2.18. The number of nitrogens with one attached hydrogen (secondary N) is 1. The molecule has 0 spiro atoms. The molecule has 1 atom stereocenters. The molecular formula is C10H16N2S. The zero-order valence-corrected chi connectivity index (χ0v) is 9.08. The first-order valence-corrected chi connectivity index (χ1v) is 5.76. The van der Waals surface area contributed by atoms with E-state index < -0.39 is 0 Å². The van der Waals surface area contributed by atoms with Gasteiger partial charge in [0.15, 0.2) is 0 Å². The van der Waals surface area contributed by atoms with Crippen molar-refractivity contribution >= 4 is 11.3 Å². The third-order valence-corrected chi connectivity index (χ3v) is 3.48. The van der Waals surface area contributed by atoms with Gasteiger partial charge in [0.2, 0.25) is 0 Å². The topological polar surface area (TPSA) is 24.9 Å². The molecule has 0 aromatic carbocycles. The normalized spacial score (nSPS) is 23.4. The summed E-state index contributed by atoms with van der Waals surface area (Å²) in [7, 11) is 0. The van der Waals surface area contributed by atoms with Gasteiger partial charge in [0, 0.05) is 4.88 Å². The van der Waals surface area contributed by atoms with Crippen molar-refractivity contribution in [2.24, 2.45) is 0 Å². The van der Waals surface area contributed by atoms with Crippen LogP contribution in [0.1, 0.15) is 40.9 Å². The van der Waals surface area contributed by atoms with Crippen LogP contribution in [0, 0.1) is 13.8 Å². The lowest BCUT2D eigenvalue weighted by Gasteiger charge is -2.22. The van der Waals surface area contributed by atoms with Crippen molar-refractivity contribution in [2.45, 2.75) is 39.2 Å². The first-order valence-electron chi connectivity index (χ1n) is 4.94. The molecule has 1 aliphatic rings. The smallest absolute Gasteiger partial charge is 0.0900 e. The predicted molar refractivity (Wildman–Crippen MR) is 56.2 cm³/mol. The molecular weight excluding hydrogens is 180 g/mol. The zero-order valence-electron chi connectivity index (χ0n) is 8.26. The summed E-state index contributed by atoms with van der Waals surface area (Å²) in [5.74, 6) is 0. The highest BCUT2D eigenvalue weighted by atomic mass is 32.1. The van der Waals surface area contributed by atoms with Gasteiger partial charge < -0.3 is 5.32 Å². The van der Waals surface area contributed by atoms with Crippen molar-refractivity contribution in [3.63, 3.8) is 0 Å². The Bertz CT molecular complexity index is 287. The van der Waals surface area contributed by atoms with Gasteiger partial charge in [-0.1, -0.05) is 6.42 Å². The van der Waals surface area contributed by atoms with Crippen molar-refractivity contribution in [1.29, 1.82) is 0 Å². The van der Waals surface area contributed by atoms with Gasteiger partial charge in [-0.25, -0.2) is 4.98 Å². The maximum absolute atomic E-state index is 4.59. The fourth-order valence-corrected chi connectivity index (χ4v) is 2.83. The standard InChI is InChI=1S/C10H16N2S/c1-7-10(12-8(2)13-7)9-5-3-4-6-11-9/h9,11H,3-6H2,1-2H3. The fraction of sp³-hybridized carbons (Fsp3) is 0.700. The first-order chi connectivity index (χ1) is 6.27. The van der Waals surface area contributed by atoms with E-state index in [4.69, 9.17) is 0 Å². The molecule has 0 saturated carbocycles. The molecule has 0 amide bonds. The Morgan fingerprint density at radius 1 is 1.38 bits per heavy atom. The van der Waals surface area contributed by atoms with Crippen molar-refractivity contribution in [3.05, 3.63) is 15.6 Å². The Morgan fingerprint density at radius 3 is 2.77 bits per heavy atom. The second-order valence-corrected chi connectivity index (χ2v) is 5.08. The van der Waals surface area contributed by atoms with Gasteiger partial charge in [-0.15, -0.1) is 11.3 Å². The van der Waals surface area contributed by atoms with Gasteiger partial charge in [0.1, 0.15) is 0 Å². The van der Waals surface area contributed by atoms with Gasteiger partial charge in [0.25, 0.3) is 0 Å². The lowest BCUT2D eigenvalue weighted by atomic mass is 10.0. The van der Waals surface area contributed by atoms with Crippen LogP contribution in [-0.2, 0) is 0 Å². The highest BCUT2D eigenvalue weighted by Crippen LogP contribution is 2.27. The number of hydrogen-bond acceptors (Lipinski definition) is 3. The van der Waals surface area contributed by atoms with Crippen molar-refractivity contribution in [2.75, 3.05) is 6.54 Å². The third kappa shape index (κ3) is 1.92. The van der Waals surface area contributed by atoms with E-state index >= 15 is 0 Å².